The van der Waals surface area contributed by atoms with Crippen molar-refractivity contribution in [3.05, 3.63) is 39.3 Å². The third kappa shape index (κ3) is 6.52. The molecule has 3 heterocycles. The summed E-state index contributed by atoms with van der Waals surface area (Å²) in [5.74, 6) is -4.46. The van der Waals surface area contributed by atoms with Gasteiger partial charge in [-0.25, -0.2) is 13.8 Å². The minimum absolute atomic E-state index is 0.0241. The van der Waals surface area contributed by atoms with Gasteiger partial charge in [-0.05, 0) is 26.8 Å². The molecule has 242 valence electrons. The van der Waals surface area contributed by atoms with Crippen molar-refractivity contribution in [3.63, 3.8) is 0 Å². The van der Waals surface area contributed by atoms with Crippen LogP contribution in [0, 0.1) is 5.41 Å². The van der Waals surface area contributed by atoms with Crippen molar-refractivity contribution in [3.8, 4) is 21.3 Å². The van der Waals surface area contributed by atoms with Crippen LogP contribution in [0.3, 0.4) is 0 Å². The second-order valence-corrected chi connectivity index (χ2v) is 12.6. The number of carboxylic acid groups (broad SMARTS) is 1. The van der Waals surface area contributed by atoms with E-state index >= 15 is 0 Å². The van der Waals surface area contributed by atoms with Gasteiger partial charge in [0.1, 0.15) is 0 Å². The van der Waals surface area contributed by atoms with Crippen LogP contribution in [0.25, 0.3) is 21.3 Å². The Labute approximate surface area is 257 Å². The lowest BCUT2D eigenvalue weighted by Gasteiger charge is -2.33. The molecule has 4 rings (SSSR count). The largest absolute Gasteiger partial charge is 0.481 e. The summed E-state index contributed by atoms with van der Waals surface area (Å²) >= 11 is 12.9. The Hall–Kier alpha value is -2.60. The van der Waals surface area contributed by atoms with Crippen LogP contribution in [0.1, 0.15) is 43.8 Å². The fourth-order valence-corrected chi connectivity index (χ4v) is 6.13. The lowest BCUT2D eigenvalue weighted by Crippen LogP contribution is -2.54. The van der Waals surface area contributed by atoms with Gasteiger partial charge in [0.05, 0.1) is 32.6 Å². The summed E-state index contributed by atoms with van der Waals surface area (Å²) in [6.07, 6.45) is -12.8. The second-order valence-electron chi connectivity index (χ2n) is 10.8. The number of hydrogen-bond acceptors (Lipinski definition) is 8. The standard InChI is InChI=1S/C25H22Cl2F8N4O4S/c1-21(2,20(40)41)8-14-37-38-18(43-14)19-36-13(9-39-7-3-6-22(28,29)10-39)17(44-19)11-4-5-12(16(27)15(11)26)23(42,24(30,31)32)25(33,34)35/h4-5,42H,3,6-10H2,1-2H3,(H,40,41). The lowest BCUT2D eigenvalue weighted by molar-refractivity contribution is -0.376. The smallest absolute Gasteiger partial charge is 0.430 e. The number of piperidine rings is 1. The Bertz CT molecular complexity index is 1540. The van der Waals surface area contributed by atoms with Gasteiger partial charge in [0.25, 0.3) is 17.4 Å². The fourth-order valence-electron chi connectivity index (χ4n) is 4.49. The predicted octanol–water partition coefficient (Wildman–Crippen LogP) is 7.36. The summed E-state index contributed by atoms with van der Waals surface area (Å²) in [4.78, 5) is 17.2. The van der Waals surface area contributed by atoms with Gasteiger partial charge in [-0.15, -0.1) is 21.5 Å². The number of aliphatic hydroxyl groups is 1. The van der Waals surface area contributed by atoms with E-state index in [-0.39, 0.29) is 65.3 Å². The minimum Gasteiger partial charge on any atom is -0.481 e. The highest BCUT2D eigenvalue weighted by Gasteiger charge is 2.72. The molecule has 3 aromatic rings. The Morgan fingerprint density at radius 2 is 1.73 bits per heavy atom. The van der Waals surface area contributed by atoms with Gasteiger partial charge in [0.2, 0.25) is 5.89 Å². The predicted molar refractivity (Wildman–Crippen MR) is 141 cm³/mol. The van der Waals surface area contributed by atoms with E-state index in [1.807, 2.05) is 0 Å². The molecule has 1 fully saturated rings. The molecule has 19 heteroatoms. The molecule has 0 saturated carbocycles. The number of rotatable bonds is 8. The Kier molecular flexibility index (Phi) is 9.07. The van der Waals surface area contributed by atoms with Crippen LogP contribution in [0.2, 0.25) is 10.0 Å². The molecule has 1 aliphatic rings. The summed E-state index contributed by atoms with van der Waals surface area (Å²) in [5, 5.41) is 24.8. The quantitative estimate of drug-likeness (QED) is 0.235. The number of carboxylic acids is 1. The third-order valence-corrected chi connectivity index (χ3v) is 8.90. The zero-order valence-corrected chi connectivity index (χ0v) is 24.9. The van der Waals surface area contributed by atoms with E-state index in [1.54, 1.807) is 0 Å². The van der Waals surface area contributed by atoms with Crippen LogP contribution in [-0.2, 0) is 23.4 Å². The first-order valence-corrected chi connectivity index (χ1v) is 14.2. The molecule has 0 atom stereocenters. The van der Waals surface area contributed by atoms with Gasteiger partial charge < -0.3 is 14.6 Å². The molecular formula is C25H22Cl2F8N4O4S. The summed E-state index contributed by atoms with van der Waals surface area (Å²) in [6.45, 7) is 2.18. The molecule has 44 heavy (non-hydrogen) atoms. The Balaban J connectivity index is 1.82. The first kappa shape index (κ1) is 34.3. The highest BCUT2D eigenvalue weighted by Crippen LogP contribution is 2.54. The van der Waals surface area contributed by atoms with Crippen molar-refractivity contribution in [2.75, 3.05) is 13.1 Å². The van der Waals surface area contributed by atoms with E-state index in [0.29, 0.717) is 6.07 Å². The molecule has 0 unspecified atom stereocenters. The molecule has 0 amide bonds. The van der Waals surface area contributed by atoms with Crippen molar-refractivity contribution in [1.82, 2.24) is 20.1 Å². The molecule has 1 aliphatic heterocycles. The van der Waals surface area contributed by atoms with Crippen LogP contribution < -0.4 is 0 Å². The van der Waals surface area contributed by atoms with Crippen molar-refractivity contribution < 1.29 is 54.5 Å². The maximum Gasteiger partial charge on any atom is 0.430 e. The molecule has 2 aromatic heterocycles. The van der Waals surface area contributed by atoms with Gasteiger partial charge in [0, 0.05) is 30.5 Å². The van der Waals surface area contributed by atoms with Crippen molar-refractivity contribution in [2.24, 2.45) is 5.41 Å². The van der Waals surface area contributed by atoms with Crippen molar-refractivity contribution in [1.29, 1.82) is 0 Å². The highest BCUT2D eigenvalue weighted by molar-refractivity contribution is 7.18. The van der Waals surface area contributed by atoms with Crippen molar-refractivity contribution >= 4 is 40.5 Å². The number of nitrogens with zero attached hydrogens (tertiary/aromatic N) is 4. The SMILES string of the molecule is CC(C)(Cc1nnc(-c2nc(CN3CCCC(F)(F)C3)c(-c3ccc(C(O)(C(F)(F)F)C(F)(F)F)c(Cl)c3Cl)s2)o1)C(=O)O. The number of aromatic nitrogens is 3. The number of likely N-dealkylation sites (tertiary alicyclic amines) is 1. The van der Waals surface area contributed by atoms with Crippen molar-refractivity contribution in [2.45, 2.75) is 63.5 Å². The van der Waals surface area contributed by atoms with Crippen LogP contribution in [0.15, 0.2) is 16.5 Å². The number of benzene rings is 1. The van der Waals surface area contributed by atoms with E-state index < -0.39 is 57.4 Å². The van der Waals surface area contributed by atoms with Gasteiger partial charge in [-0.1, -0.05) is 35.3 Å². The Morgan fingerprint density at radius 1 is 1.09 bits per heavy atom. The number of alkyl halides is 8. The van der Waals surface area contributed by atoms with E-state index in [4.69, 9.17) is 27.6 Å². The zero-order valence-electron chi connectivity index (χ0n) is 22.6. The third-order valence-electron chi connectivity index (χ3n) is 6.90. The van der Waals surface area contributed by atoms with E-state index in [2.05, 4.69) is 15.2 Å². The monoisotopic (exact) mass is 696 g/mol. The summed E-state index contributed by atoms with van der Waals surface area (Å²) in [6, 6.07) is 1.09. The van der Waals surface area contributed by atoms with Gasteiger partial charge in [-0.3, -0.25) is 9.69 Å². The average Bonchev–Trinajstić information content (AvgIpc) is 3.50. The molecule has 0 bridgehead atoms. The molecular weight excluding hydrogens is 675 g/mol. The first-order chi connectivity index (χ1) is 20.1. The number of halogens is 10. The molecule has 2 N–H and O–H groups in total. The number of thiazole rings is 1. The van der Waals surface area contributed by atoms with Crippen LogP contribution in [0.5, 0.6) is 0 Å². The summed E-state index contributed by atoms with van der Waals surface area (Å²) in [5.41, 5.74) is -8.58. The van der Waals surface area contributed by atoms with Crippen LogP contribution >= 0.6 is 34.5 Å². The topological polar surface area (TPSA) is 113 Å². The number of carbonyl (C=O) groups is 1. The first-order valence-electron chi connectivity index (χ1n) is 12.6. The van der Waals surface area contributed by atoms with E-state index in [1.165, 1.54) is 18.7 Å². The average molecular weight is 697 g/mol. The summed E-state index contributed by atoms with van der Waals surface area (Å²) < 4.78 is 115. The molecule has 1 aromatic carbocycles. The van der Waals surface area contributed by atoms with Gasteiger partial charge >= 0.3 is 18.3 Å². The van der Waals surface area contributed by atoms with E-state index in [0.717, 1.165) is 17.4 Å². The lowest BCUT2D eigenvalue weighted by atomic mass is 9.90. The molecule has 0 radical (unpaired) electrons. The normalized spacial score (nSPS) is 16.8. The van der Waals surface area contributed by atoms with Crippen LogP contribution in [-0.4, -0.2) is 67.6 Å². The number of hydrogen-bond donors (Lipinski definition) is 2. The molecule has 1 saturated heterocycles. The fraction of sp³-hybridized carbons (Fsp3) is 0.520. The second kappa shape index (κ2) is 11.6. The van der Waals surface area contributed by atoms with Gasteiger partial charge in [-0.2, -0.15) is 26.3 Å². The van der Waals surface area contributed by atoms with Crippen LogP contribution in [0.4, 0.5) is 35.1 Å². The van der Waals surface area contributed by atoms with E-state index in [9.17, 15) is 50.1 Å². The molecule has 0 aliphatic carbocycles. The molecule has 0 spiro atoms. The Morgan fingerprint density at radius 3 is 2.30 bits per heavy atom. The maximum absolute atomic E-state index is 14.1. The minimum atomic E-state index is -6.23. The summed E-state index contributed by atoms with van der Waals surface area (Å²) in [7, 11) is 0. The molecule has 8 nitrogen and oxygen atoms in total. The van der Waals surface area contributed by atoms with Gasteiger partial charge in [0.15, 0.2) is 5.01 Å². The zero-order chi connectivity index (χ0) is 33.0. The number of aliphatic carboxylic acids is 1. The maximum atomic E-state index is 14.1. The highest BCUT2D eigenvalue weighted by atomic mass is 35.5.